The van der Waals surface area contributed by atoms with Crippen LogP contribution in [-0.4, -0.2) is 15.0 Å². The lowest BCUT2D eigenvalue weighted by Gasteiger charge is -2.11. The molecule has 0 atom stereocenters. The number of fused-ring (bicyclic) bond motifs is 5. The van der Waals surface area contributed by atoms with Crippen molar-refractivity contribution in [3.8, 4) is 83.0 Å². The van der Waals surface area contributed by atoms with Gasteiger partial charge in [-0.25, -0.2) is 9.07 Å². The lowest BCUT2D eigenvalue weighted by Crippen LogP contribution is -1.93. The largest absolute Gasteiger partial charge is 0.220 e. The fourth-order valence-corrected chi connectivity index (χ4v) is 14.7. The van der Waals surface area contributed by atoms with Crippen LogP contribution < -0.4 is 0 Å². The highest BCUT2D eigenvalue weighted by atomic mass is 32.1. The Balaban J connectivity index is 0.000000119. The summed E-state index contributed by atoms with van der Waals surface area (Å²) in [6.07, 6.45) is 1.94. The molecule has 0 N–H and O–H groups in total. The summed E-state index contributed by atoms with van der Waals surface area (Å²) < 4.78 is 14.5. The van der Waals surface area contributed by atoms with Gasteiger partial charge in [-0.2, -0.15) is 0 Å². The van der Waals surface area contributed by atoms with E-state index in [1.165, 1.54) is 155 Å². The van der Waals surface area contributed by atoms with Gasteiger partial charge in [0.05, 0.1) is 11.9 Å². The molecule has 582 valence electrons. The summed E-state index contributed by atoms with van der Waals surface area (Å²) in [6.45, 7) is 16.9. The van der Waals surface area contributed by atoms with Gasteiger partial charge in [-0.15, -0.1) is 16.4 Å². The van der Waals surface area contributed by atoms with E-state index in [9.17, 15) is 4.39 Å². The maximum Gasteiger partial charge on any atom is 0.123 e. The third-order valence-corrected chi connectivity index (χ3v) is 21.5. The van der Waals surface area contributed by atoms with Crippen LogP contribution >= 0.6 is 11.3 Å². The highest BCUT2D eigenvalue weighted by Crippen LogP contribution is 2.36. The summed E-state index contributed by atoms with van der Waals surface area (Å²) in [5.41, 5.74) is 27.2. The predicted octanol–water partition coefficient (Wildman–Crippen LogP) is 32.0. The molecule has 0 aliphatic carbocycles. The fourth-order valence-electron chi connectivity index (χ4n) is 14.0. The molecule has 0 unspecified atom stereocenters. The Labute approximate surface area is 706 Å². The number of nitrogens with zero attached hydrogens (tertiary/aromatic N) is 3. The van der Waals surface area contributed by atoms with Crippen molar-refractivity contribution >= 4 is 54.4 Å². The monoisotopic (exact) mass is 1560 g/mol. The molecule has 3 nitrogen and oxygen atoms in total. The number of halogens is 1. The Bertz CT molecular complexity index is 6460. The van der Waals surface area contributed by atoms with E-state index in [0.717, 1.165) is 28.1 Å². The van der Waals surface area contributed by atoms with Crippen molar-refractivity contribution in [3.63, 3.8) is 0 Å². The molecule has 0 fully saturated rings. The van der Waals surface area contributed by atoms with Gasteiger partial charge >= 0.3 is 0 Å². The van der Waals surface area contributed by atoms with Crippen LogP contribution in [0.2, 0.25) is 0 Å². The minimum absolute atomic E-state index is 0.194. The number of aromatic nitrogens is 3. The Morgan fingerprint density at radius 1 is 0.235 bits per heavy atom. The first-order valence-corrected chi connectivity index (χ1v) is 41.3. The zero-order valence-corrected chi connectivity index (χ0v) is 69.7. The summed E-state index contributed by atoms with van der Waals surface area (Å²) in [5.74, 6) is -0.194. The van der Waals surface area contributed by atoms with Gasteiger partial charge in [-0.3, -0.25) is 0 Å². The molecule has 18 aromatic carbocycles. The molecule has 0 saturated heterocycles. The van der Waals surface area contributed by atoms with Crippen molar-refractivity contribution in [3.05, 3.63) is 499 Å². The van der Waals surface area contributed by atoms with Crippen molar-refractivity contribution in [2.24, 2.45) is 0 Å². The Morgan fingerprint density at radius 2 is 0.639 bits per heavy atom. The predicted molar refractivity (Wildman–Crippen MR) is 510 cm³/mol. The van der Waals surface area contributed by atoms with E-state index < -0.39 is 0 Å². The van der Waals surface area contributed by atoms with Crippen molar-refractivity contribution in [1.82, 2.24) is 15.0 Å². The topological polar surface area (TPSA) is 30.7 Å². The Hall–Kier alpha value is -14.2. The van der Waals surface area contributed by atoms with Crippen molar-refractivity contribution in [2.45, 2.75) is 55.4 Å². The van der Waals surface area contributed by atoms with E-state index in [4.69, 9.17) is 0 Å². The van der Waals surface area contributed by atoms with Crippen LogP contribution in [0.15, 0.2) is 448 Å². The minimum Gasteiger partial charge on any atom is -0.220 e. The van der Waals surface area contributed by atoms with Gasteiger partial charge < -0.3 is 0 Å². The maximum absolute atomic E-state index is 12.7. The van der Waals surface area contributed by atoms with E-state index in [1.807, 2.05) is 66.9 Å². The van der Waals surface area contributed by atoms with Crippen LogP contribution in [-0.2, 0) is 0 Å². The molecule has 20 aromatic rings. The Morgan fingerprint density at radius 3 is 1.21 bits per heavy atom. The molecule has 0 radical (unpaired) electrons. The van der Waals surface area contributed by atoms with Gasteiger partial charge in [0, 0.05) is 10.4 Å². The van der Waals surface area contributed by atoms with Gasteiger partial charge in [0.2, 0.25) is 0 Å². The van der Waals surface area contributed by atoms with Crippen LogP contribution in [0.25, 0.3) is 126 Å². The van der Waals surface area contributed by atoms with E-state index in [0.29, 0.717) is 0 Å². The average molecular weight is 1560 g/mol. The summed E-state index contributed by atoms with van der Waals surface area (Å²) in [7, 11) is 0. The SMILES string of the molecule is Cc1ccc(-c2ccc(F)cc2)cc1.Cc1ccc(-c2cccc3ccccc23)c2ccccc12.Cc1ccc(-c2ccccc2)cc1.Cc1ccc(-c2cccs2)cc1.Cc1ccc(-c2cn(-c3ccccc3)nn2)cc1.Cc1ccc2c(ccc3ccccc32)c1.Cc1cccc(-c2ccccc2)c1.Cc1ccccc1-c1ccccc1. The molecule has 119 heavy (non-hydrogen) atoms. The van der Waals surface area contributed by atoms with Gasteiger partial charge in [0.25, 0.3) is 0 Å². The summed E-state index contributed by atoms with van der Waals surface area (Å²) in [6, 6.07) is 151. The number of hydrogen-bond acceptors (Lipinski definition) is 3. The third kappa shape index (κ3) is 23.3. The van der Waals surface area contributed by atoms with Crippen molar-refractivity contribution in [1.29, 1.82) is 0 Å². The number of benzene rings is 18. The normalized spacial score (nSPS) is 10.4. The second-order valence-electron chi connectivity index (χ2n) is 29.6. The zero-order valence-electron chi connectivity index (χ0n) is 68.9. The summed E-state index contributed by atoms with van der Waals surface area (Å²) in [4.78, 5) is 1.34. The van der Waals surface area contributed by atoms with E-state index >= 15 is 0 Å². The molecule has 0 bridgehead atoms. The van der Waals surface area contributed by atoms with Gasteiger partial charge in [0.1, 0.15) is 11.5 Å². The smallest absolute Gasteiger partial charge is 0.123 e. The number of rotatable bonds is 8. The Kier molecular flexibility index (Phi) is 29.1. The highest BCUT2D eigenvalue weighted by Gasteiger charge is 2.11. The third-order valence-electron chi connectivity index (χ3n) is 20.6. The first-order chi connectivity index (χ1) is 58.2. The lowest BCUT2D eigenvalue weighted by atomic mass is 9.92. The zero-order chi connectivity index (χ0) is 82.5. The van der Waals surface area contributed by atoms with Gasteiger partial charge in [-0.1, -0.05) is 445 Å². The molecule has 0 amide bonds. The van der Waals surface area contributed by atoms with E-state index in [1.54, 1.807) is 28.2 Å². The molecule has 2 aromatic heterocycles. The van der Waals surface area contributed by atoms with Crippen LogP contribution in [0.5, 0.6) is 0 Å². The second-order valence-corrected chi connectivity index (χ2v) is 30.6. The van der Waals surface area contributed by atoms with Gasteiger partial charge in [0.15, 0.2) is 0 Å². The number of aryl methyl sites for hydroxylation is 8. The average Bonchev–Trinajstić information content (AvgIpc) is 1.04. The summed E-state index contributed by atoms with van der Waals surface area (Å²) >= 11 is 1.78. The summed E-state index contributed by atoms with van der Waals surface area (Å²) in [5, 5.41) is 21.1. The second kappa shape index (κ2) is 41.9. The number of hydrogen-bond donors (Lipinski definition) is 0. The molecule has 2 heterocycles. The molecule has 0 aliphatic rings. The molecule has 0 spiro atoms. The molecule has 5 heteroatoms. The molecular weight excluding hydrogens is 1460 g/mol. The van der Waals surface area contributed by atoms with Crippen LogP contribution in [0, 0.1) is 61.2 Å². The standard InChI is InChI=1S/C21H16.C15H13N3.C15H12.C13H11F.3C13H12.C11H10S/c1-15-13-14-21(19-11-5-4-9-17(15)19)20-12-6-8-16-7-2-3-10-18(16)20;1-12-7-9-13(10-8-12)15-11-18(17-16-15)14-5-3-2-4-6-14;1-11-6-9-15-13(10-11)8-7-12-4-2-3-5-14(12)15;1-10-2-4-11(5-3-10)12-6-8-13(14)9-7-12;1-11-7-5-6-10-13(11)12-8-3-2-4-9-12;1-11-6-5-9-13(10-11)12-7-3-2-4-8-12;1-11-7-9-13(10-8-11)12-5-3-2-4-6-12;1-9-4-6-10(7-5-9)11-3-2-8-12-11/h2-14H,1H3;2-11H,1H3;2-10H,1H3;2-9H,1H3;3*2-10H,1H3;2-8H,1H3. The molecule has 0 aliphatic heterocycles. The maximum atomic E-state index is 12.7. The van der Waals surface area contributed by atoms with Crippen molar-refractivity contribution < 1.29 is 4.39 Å². The highest BCUT2D eigenvalue weighted by molar-refractivity contribution is 7.13. The first kappa shape index (κ1) is 82.7. The van der Waals surface area contributed by atoms with E-state index in [2.05, 4.69) is 423 Å². The number of thiophene rings is 1. The van der Waals surface area contributed by atoms with Crippen LogP contribution in [0.1, 0.15) is 44.5 Å². The molecular formula is C114H98FN3S. The quantitative estimate of drug-likeness (QED) is 0.142. The first-order valence-electron chi connectivity index (χ1n) is 40.4. The van der Waals surface area contributed by atoms with Gasteiger partial charge in [-0.05, 0) is 207 Å². The number of para-hydroxylation sites is 1. The van der Waals surface area contributed by atoms with E-state index in [-0.39, 0.29) is 5.82 Å². The van der Waals surface area contributed by atoms with Crippen LogP contribution in [0.3, 0.4) is 0 Å². The minimum atomic E-state index is -0.194. The van der Waals surface area contributed by atoms with Crippen molar-refractivity contribution in [2.75, 3.05) is 0 Å². The molecule has 20 rings (SSSR count). The van der Waals surface area contributed by atoms with Crippen LogP contribution in [0.4, 0.5) is 4.39 Å². The molecule has 0 saturated carbocycles. The lowest BCUT2D eigenvalue weighted by molar-refractivity contribution is 0.628. The fraction of sp³-hybridized carbons (Fsp3) is 0.0702.